The molecule has 2 N–H and O–H groups in total. The molecular weight excluding hydrogens is 333 g/mol. The summed E-state index contributed by atoms with van der Waals surface area (Å²) in [6.07, 6.45) is 0. The number of nitrogens with zero attached hydrogens (tertiary/aromatic N) is 4. The summed E-state index contributed by atoms with van der Waals surface area (Å²) < 4.78 is 21.4. The molecule has 0 saturated carbocycles. The zero-order chi connectivity index (χ0) is 18.3. The Labute approximate surface area is 151 Å². The summed E-state index contributed by atoms with van der Waals surface area (Å²) in [7, 11) is 0. The first kappa shape index (κ1) is 16.8. The third-order valence-corrected chi connectivity index (χ3v) is 4.98. The molecule has 1 aliphatic heterocycles. The summed E-state index contributed by atoms with van der Waals surface area (Å²) >= 11 is 0. The highest BCUT2D eigenvalue weighted by Crippen LogP contribution is 2.27. The van der Waals surface area contributed by atoms with Crippen LogP contribution in [0.3, 0.4) is 0 Å². The van der Waals surface area contributed by atoms with Crippen LogP contribution >= 0.6 is 0 Å². The Morgan fingerprint density at radius 1 is 1.19 bits per heavy atom. The molecule has 0 atom stereocenters. The van der Waals surface area contributed by atoms with Gasteiger partial charge in [0.1, 0.15) is 23.0 Å². The molecule has 0 radical (unpaired) electrons. The molecule has 2 aromatic heterocycles. The van der Waals surface area contributed by atoms with E-state index in [1.165, 1.54) is 6.07 Å². The van der Waals surface area contributed by atoms with E-state index in [2.05, 4.69) is 19.4 Å². The first-order chi connectivity index (χ1) is 12.5. The van der Waals surface area contributed by atoms with E-state index in [-0.39, 0.29) is 5.82 Å². The fourth-order valence-electron chi connectivity index (χ4n) is 3.40. The number of nitrogens with two attached hydrogens (primary N) is 1. The van der Waals surface area contributed by atoms with E-state index in [4.69, 9.17) is 10.5 Å². The van der Waals surface area contributed by atoms with Gasteiger partial charge in [0.15, 0.2) is 5.82 Å². The number of nitrogen functional groups attached to an aromatic ring is 1. The van der Waals surface area contributed by atoms with Crippen molar-refractivity contribution in [3.63, 3.8) is 0 Å². The molecule has 0 bridgehead atoms. The number of aromatic nitrogens is 3. The average Bonchev–Trinajstić information content (AvgIpc) is 2.96. The van der Waals surface area contributed by atoms with Crippen molar-refractivity contribution in [2.24, 2.45) is 0 Å². The molecule has 0 spiro atoms. The van der Waals surface area contributed by atoms with E-state index >= 15 is 0 Å². The second-order valence-electron chi connectivity index (χ2n) is 6.60. The fourth-order valence-corrected chi connectivity index (χ4v) is 3.40. The van der Waals surface area contributed by atoms with E-state index in [0.717, 1.165) is 35.8 Å². The quantitative estimate of drug-likeness (QED) is 0.782. The minimum atomic E-state index is -0.195. The number of fused-ring (bicyclic) bond motifs is 1. The predicted molar refractivity (Wildman–Crippen MR) is 99.9 cm³/mol. The molecule has 4 rings (SSSR count). The number of hydrogen-bond donors (Lipinski definition) is 1. The number of pyridine rings is 1. The van der Waals surface area contributed by atoms with E-state index in [1.807, 2.05) is 19.1 Å². The van der Waals surface area contributed by atoms with Crippen molar-refractivity contribution in [1.29, 1.82) is 0 Å². The zero-order valence-corrected chi connectivity index (χ0v) is 15.0. The minimum absolute atomic E-state index is 0.195. The number of ether oxygens (including phenoxy) is 1. The van der Waals surface area contributed by atoms with E-state index in [0.29, 0.717) is 36.7 Å². The third kappa shape index (κ3) is 2.88. The molecule has 1 fully saturated rings. The highest BCUT2D eigenvalue weighted by molar-refractivity contribution is 5.88. The normalized spacial score (nSPS) is 15.0. The molecule has 1 saturated heterocycles. The second-order valence-corrected chi connectivity index (χ2v) is 6.60. The van der Waals surface area contributed by atoms with Gasteiger partial charge in [-0.2, -0.15) is 0 Å². The molecule has 0 unspecified atom stereocenters. The fraction of sp³-hybridized carbons (Fsp3) is 0.368. The Bertz CT molecular complexity index is 962. The summed E-state index contributed by atoms with van der Waals surface area (Å²) in [4.78, 5) is 11.3. The van der Waals surface area contributed by atoms with Crippen LogP contribution in [0.25, 0.3) is 11.0 Å². The molecule has 7 heteroatoms. The smallest absolute Gasteiger partial charge is 0.154 e. The number of benzene rings is 1. The summed E-state index contributed by atoms with van der Waals surface area (Å²) in [6.45, 7) is 7.21. The summed E-state index contributed by atoms with van der Waals surface area (Å²) in [5.41, 5.74) is 9.38. The van der Waals surface area contributed by atoms with Gasteiger partial charge in [0.2, 0.25) is 0 Å². The summed E-state index contributed by atoms with van der Waals surface area (Å²) in [5.74, 6) is 1.88. The number of morpholine rings is 1. The molecule has 0 aliphatic carbocycles. The van der Waals surface area contributed by atoms with Gasteiger partial charge in [-0.15, -0.1) is 0 Å². The minimum Gasteiger partial charge on any atom is -0.382 e. The van der Waals surface area contributed by atoms with Gasteiger partial charge in [0.05, 0.1) is 18.7 Å². The van der Waals surface area contributed by atoms with Crippen LogP contribution in [0.5, 0.6) is 0 Å². The predicted octanol–water partition coefficient (Wildman–Crippen LogP) is 2.65. The van der Waals surface area contributed by atoms with Gasteiger partial charge in [-0.25, -0.2) is 14.4 Å². The number of imidazole rings is 1. The molecule has 3 aromatic rings. The largest absolute Gasteiger partial charge is 0.382 e. The van der Waals surface area contributed by atoms with Gasteiger partial charge >= 0.3 is 0 Å². The lowest BCUT2D eigenvalue weighted by Crippen LogP contribution is -2.36. The van der Waals surface area contributed by atoms with E-state index in [1.54, 1.807) is 13.0 Å². The second kappa shape index (κ2) is 6.57. The lowest BCUT2D eigenvalue weighted by molar-refractivity contribution is 0.122. The average molecular weight is 355 g/mol. The van der Waals surface area contributed by atoms with Gasteiger partial charge in [-0.3, -0.25) is 0 Å². The SMILES string of the molecule is Cc1c(F)cccc1Cn1c(C)nc2c(N)nc(N3CCOCC3)cc21. The first-order valence-corrected chi connectivity index (χ1v) is 8.74. The van der Waals surface area contributed by atoms with Gasteiger partial charge in [0, 0.05) is 25.7 Å². The maximum absolute atomic E-state index is 13.9. The molecular formula is C19H22FN5O. The molecule has 136 valence electrons. The monoisotopic (exact) mass is 355 g/mol. The number of anilines is 2. The number of rotatable bonds is 3. The maximum atomic E-state index is 13.9. The molecule has 0 amide bonds. The summed E-state index contributed by atoms with van der Waals surface area (Å²) in [5, 5.41) is 0. The van der Waals surface area contributed by atoms with Crippen LogP contribution in [0.4, 0.5) is 16.0 Å². The molecule has 1 aliphatic rings. The van der Waals surface area contributed by atoms with Gasteiger partial charge < -0.3 is 19.9 Å². The molecule has 1 aromatic carbocycles. The van der Waals surface area contributed by atoms with Crippen molar-refractivity contribution in [2.45, 2.75) is 20.4 Å². The van der Waals surface area contributed by atoms with Crippen LogP contribution in [0.15, 0.2) is 24.3 Å². The Hall–Kier alpha value is -2.67. The lowest BCUT2D eigenvalue weighted by atomic mass is 10.1. The zero-order valence-electron chi connectivity index (χ0n) is 15.0. The number of aryl methyl sites for hydroxylation is 1. The summed E-state index contributed by atoms with van der Waals surface area (Å²) in [6, 6.07) is 7.18. The maximum Gasteiger partial charge on any atom is 0.154 e. The van der Waals surface area contributed by atoms with Crippen LogP contribution in [0, 0.1) is 19.7 Å². The number of hydrogen-bond acceptors (Lipinski definition) is 5. The molecule has 6 nitrogen and oxygen atoms in total. The van der Waals surface area contributed by atoms with Crippen LogP contribution < -0.4 is 10.6 Å². The lowest BCUT2D eigenvalue weighted by Gasteiger charge is -2.28. The standard InChI is InChI=1S/C19H22FN5O/c1-12-14(4-3-5-15(12)20)11-25-13(2)22-18-16(25)10-17(23-19(18)21)24-6-8-26-9-7-24/h3-5,10H,6-9,11H2,1-2H3,(H2,21,23). The van der Waals surface area contributed by atoms with Crippen molar-refractivity contribution >= 4 is 22.7 Å². The van der Waals surface area contributed by atoms with Gasteiger partial charge in [0.25, 0.3) is 0 Å². The molecule has 26 heavy (non-hydrogen) atoms. The Morgan fingerprint density at radius 2 is 1.96 bits per heavy atom. The Kier molecular flexibility index (Phi) is 4.24. The van der Waals surface area contributed by atoms with Gasteiger partial charge in [-0.1, -0.05) is 12.1 Å². The van der Waals surface area contributed by atoms with Crippen LogP contribution in [0.1, 0.15) is 17.0 Å². The van der Waals surface area contributed by atoms with Crippen molar-refractivity contribution in [2.75, 3.05) is 36.9 Å². The van der Waals surface area contributed by atoms with Crippen LogP contribution in [-0.2, 0) is 11.3 Å². The van der Waals surface area contributed by atoms with Crippen LogP contribution in [-0.4, -0.2) is 40.8 Å². The van der Waals surface area contributed by atoms with E-state index in [9.17, 15) is 4.39 Å². The topological polar surface area (TPSA) is 69.2 Å². The first-order valence-electron chi connectivity index (χ1n) is 8.74. The van der Waals surface area contributed by atoms with Crippen molar-refractivity contribution in [3.05, 3.63) is 47.0 Å². The van der Waals surface area contributed by atoms with Crippen LogP contribution in [0.2, 0.25) is 0 Å². The van der Waals surface area contributed by atoms with Crippen molar-refractivity contribution in [1.82, 2.24) is 14.5 Å². The molecule has 3 heterocycles. The van der Waals surface area contributed by atoms with Crippen molar-refractivity contribution < 1.29 is 9.13 Å². The van der Waals surface area contributed by atoms with Crippen molar-refractivity contribution in [3.8, 4) is 0 Å². The Morgan fingerprint density at radius 3 is 2.73 bits per heavy atom. The Balaban J connectivity index is 1.80. The van der Waals surface area contributed by atoms with E-state index < -0.39 is 0 Å². The number of halogens is 1. The highest BCUT2D eigenvalue weighted by atomic mass is 19.1. The highest BCUT2D eigenvalue weighted by Gasteiger charge is 2.18. The van der Waals surface area contributed by atoms with Gasteiger partial charge in [-0.05, 0) is 31.0 Å². The third-order valence-electron chi connectivity index (χ3n) is 4.98.